The first-order chi connectivity index (χ1) is 12.3. The fourth-order valence-electron chi connectivity index (χ4n) is 4.01. The van der Waals surface area contributed by atoms with Crippen LogP contribution in [0.15, 0.2) is 48.8 Å². The van der Waals surface area contributed by atoms with E-state index >= 15 is 0 Å². The van der Waals surface area contributed by atoms with E-state index in [2.05, 4.69) is 9.97 Å². The maximum atomic E-state index is 11.9. The number of aromatic nitrogens is 2. The van der Waals surface area contributed by atoms with Gasteiger partial charge >= 0.3 is 0 Å². The summed E-state index contributed by atoms with van der Waals surface area (Å²) < 4.78 is 0. The highest BCUT2D eigenvalue weighted by atomic mass is 16.6. The molecule has 1 saturated heterocycles. The molecule has 2 aromatic heterocycles. The molecule has 0 amide bonds. The highest BCUT2D eigenvalue weighted by Gasteiger charge is 2.66. The van der Waals surface area contributed by atoms with E-state index in [-0.39, 0.29) is 0 Å². The van der Waals surface area contributed by atoms with Gasteiger partial charge in [0.2, 0.25) is 0 Å². The molecule has 9 heteroatoms. The van der Waals surface area contributed by atoms with Crippen LogP contribution in [0, 0.1) is 25.6 Å². The molecular weight excluding hydrogens is 338 g/mol. The van der Waals surface area contributed by atoms with Crippen molar-refractivity contribution in [1.82, 2.24) is 9.97 Å². The summed E-state index contributed by atoms with van der Waals surface area (Å²) in [7, 11) is 0. The van der Waals surface area contributed by atoms with Gasteiger partial charge in [0.25, 0.3) is 12.1 Å². The monoisotopic (exact) mass is 358 g/mol. The van der Waals surface area contributed by atoms with Crippen LogP contribution in [0.3, 0.4) is 0 Å². The maximum absolute atomic E-state index is 11.9. The van der Waals surface area contributed by atoms with Crippen LogP contribution in [-0.4, -0.2) is 31.9 Å². The molecule has 1 aliphatic heterocycles. The van der Waals surface area contributed by atoms with E-state index in [1.807, 2.05) is 0 Å². The van der Waals surface area contributed by atoms with Gasteiger partial charge in [-0.2, -0.15) is 0 Å². The topological polar surface area (TPSA) is 129 Å². The van der Waals surface area contributed by atoms with E-state index in [0.717, 1.165) is 0 Å². The molecule has 0 aromatic carbocycles. The van der Waals surface area contributed by atoms with Crippen LogP contribution in [0.1, 0.15) is 37.3 Å². The van der Waals surface area contributed by atoms with Crippen LogP contribution in [0.4, 0.5) is 0 Å². The first kappa shape index (κ1) is 17.9. The van der Waals surface area contributed by atoms with Gasteiger partial charge in [-0.3, -0.25) is 30.2 Å². The zero-order valence-corrected chi connectivity index (χ0v) is 14.4. The number of nitro groups is 2. The van der Waals surface area contributed by atoms with Crippen LogP contribution >= 0.6 is 0 Å². The molecule has 0 spiro atoms. The Labute approximate surface area is 149 Å². The van der Waals surface area contributed by atoms with Crippen molar-refractivity contribution < 1.29 is 15.2 Å². The van der Waals surface area contributed by atoms with Crippen LogP contribution in [0.2, 0.25) is 0 Å². The van der Waals surface area contributed by atoms with Gasteiger partial charge in [0, 0.05) is 22.2 Å². The van der Waals surface area contributed by atoms with Crippen LogP contribution in [-0.2, 0) is 0 Å². The standard InChI is InChI=1S/C17H19N5O4/c1-17(2)15(21(23)24)13(11-7-3-5-9-18-11)20-14(16(17)22(25)26)12-8-4-6-10-19-12/h3-10,13-16,20H,1-2H3/p+1/t13-,14-,15+,16+/m1/s1. The third kappa shape index (κ3) is 3.01. The Bertz CT molecular complexity index is 734. The summed E-state index contributed by atoms with van der Waals surface area (Å²) in [6, 6.07) is 6.80. The normalized spacial score (nSPS) is 27.6. The minimum Gasteiger partial charge on any atom is -0.320 e. The average Bonchev–Trinajstić information content (AvgIpc) is 2.60. The van der Waals surface area contributed by atoms with Crippen molar-refractivity contribution in [3.63, 3.8) is 0 Å². The van der Waals surface area contributed by atoms with E-state index in [0.29, 0.717) is 11.4 Å². The molecule has 26 heavy (non-hydrogen) atoms. The lowest BCUT2D eigenvalue weighted by atomic mass is 9.67. The van der Waals surface area contributed by atoms with Gasteiger partial charge in [0.15, 0.2) is 12.1 Å². The molecule has 136 valence electrons. The average molecular weight is 358 g/mol. The molecule has 1 aliphatic rings. The third-order valence-corrected chi connectivity index (χ3v) is 5.13. The van der Waals surface area contributed by atoms with Gasteiger partial charge in [0.05, 0.1) is 0 Å². The van der Waals surface area contributed by atoms with E-state index in [1.165, 1.54) is 0 Å². The predicted molar refractivity (Wildman–Crippen MR) is 91.2 cm³/mol. The second-order valence-electron chi connectivity index (χ2n) is 7.03. The van der Waals surface area contributed by atoms with E-state index in [1.54, 1.807) is 68.0 Å². The Morgan fingerprint density at radius 1 is 0.885 bits per heavy atom. The Balaban J connectivity index is 2.14. The summed E-state index contributed by atoms with van der Waals surface area (Å²) in [6.45, 7) is 3.18. The maximum Gasteiger partial charge on any atom is 0.281 e. The van der Waals surface area contributed by atoms with Crippen LogP contribution < -0.4 is 5.32 Å². The first-order valence-corrected chi connectivity index (χ1v) is 8.28. The van der Waals surface area contributed by atoms with E-state index in [4.69, 9.17) is 0 Å². The van der Waals surface area contributed by atoms with Gasteiger partial charge in [-0.05, 0) is 38.1 Å². The smallest absolute Gasteiger partial charge is 0.281 e. The number of nitrogens with two attached hydrogens (primary N) is 1. The van der Waals surface area contributed by atoms with Crippen LogP contribution in [0.25, 0.3) is 0 Å². The van der Waals surface area contributed by atoms with Crippen molar-refractivity contribution in [3.05, 3.63) is 80.4 Å². The molecule has 2 N–H and O–H groups in total. The van der Waals surface area contributed by atoms with Crippen molar-refractivity contribution in [1.29, 1.82) is 0 Å². The number of pyridine rings is 2. The summed E-state index contributed by atoms with van der Waals surface area (Å²) in [5, 5.41) is 25.4. The number of rotatable bonds is 4. The fraction of sp³-hybridized carbons (Fsp3) is 0.412. The summed E-state index contributed by atoms with van der Waals surface area (Å²) in [6.07, 6.45) is 3.14. The predicted octanol–water partition coefficient (Wildman–Crippen LogP) is 1.15. The summed E-state index contributed by atoms with van der Waals surface area (Å²) >= 11 is 0. The van der Waals surface area contributed by atoms with E-state index < -0.39 is 39.4 Å². The quantitative estimate of drug-likeness (QED) is 0.645. The molecule has 4 atom stereocenters. The molecule has 0 unspecified atom stereocenters. The minimum absolute atomic E-state index is 0.416. The molecule has 0 radical (unpaired) electrons. The molecular formula is C17H20N5O4+. The highest BCUT2D eigenvalue weighted by molar-refractivity contribution is 5.16. The number of hydrogen-bond acceptors (Lipinski definition) is 6. The third-order valence-electron chi connectivity index (χ3n) is 5.13. The number of hydrogen-bond donors (Lipinski definition) is 1. The Morgan fingerprint density at radius 2 is 1.31 bits per heavy atom. The summed E-state index contributed by atoms with van der Waals surface area (Å²) in [5.74, 6) is 0. The number of nitrogens with zero attached hydrogens (tertiary/aromatic N) is 4. The lowest BCUT2D eigenvalue weighted by Crippen LogP contribution is -2.96. The second kappa shape index (κ2) is 6.75. The highest BCUT2D eigenvalue weighted by Crippen LogP contribution is 2.42. The number of quaternary nitrogens is 1. The summed E-state index contributed by atoms with van der Waals surface area (Å²) in [5.41, 5.74) is -0.137. The van der Waals surface area contributed by atoms with Crippen molar-refractivity contribution in [2.45, 2.75) is 38.0 Å². The number of piperidine rings is 1. The van der Waals surface area contributed by atoms with Crippen LogP contribution in [0.5, 0.6) is 0 Å². The molecule has 0 aliphatic carbocycles. The lowest BCUT2D eigenvalue weighted by molar-refractivity contribution is -0.819. The van der Waals surface area contributed by atoms with Crippen molar-refractivity contribution in [2.75, 3.05) is 0 Å². The largest absolute Gasteiger partial charge is 0.320 e. The first-order valence-electron chi connectivity index (χ1n) is 8.28. The zero-order valence-electron chi connectivity index (χ0n) is 14.4. The molecule has 1 fully saturated rings. The van der Waals surface area contributed by atoms with Gasteiger partial charge in [-0.25, -0.2) is 0 Å². The van der Waals surface area contributed by atoms with Crippen molar-refractivity contribution in [2.24, 2.45) is 5.41 Å². The summed E-state index contributed by atoms with van der Waals surface area (Å²) in [4.78, 5) is 31.5. The molecule has 3 heterocycles. The van der Waals surface area contributed by atoms with E-state index in [9.17, 15) is 20.2 Å². The van der Waals surface area contributed by atoms with Gasteiger partial charge < -0.3 is 5.32 Å². The molecule has 2 aromatic rings. The molecule has 3 rings (SSSR count). The molecule has 0 bridgehead atoms. The Hall–Kier alpha value is -2.94. The van der Waals surface area contributed by atoms with Gasteiger partial charge in [0.1, 0.15) is 16.8 Å². The zero-order chi connectivity index (χ0) is 18.9. The second-order valence-corrected chi connectivity index (χ2v) is 7.03. The SMILES string of the molecule is CC1(C)[C@@H]([N+](=O)[O-])[C@@H](c2ccccn2)[NH2+][C@H](c2ccccn2)[C@@H]1[N+](=O)[O-]. The Kier molecular flexibility index (Phi) is 4.64. The lowest BCUT2D eigenvalue weighted by Gasteiger charge is -2.40. The Morgan fingerprint density at radius 3 is 1.62 bits per heavy atom. The van der Waals surface area contributed by atoms with Crippen molar-refractivity contribution in [3.8, 4) is 0 Å². The minimum atomic E-state index is -1.20. The fourth-order valence-corrected chi connectivity index (χ4v) is 4.01. The van der Waals surface area contributed by atoms with Gasteiger partial charge in [-0.15, -0.1) is 0 Å². The molecule has 0 saturated carbocycles. The molecule has 9 nitrogen and oxygen atoms in total. The van der Waals surface area contributed by atoms with Crippen molar-refractivity contribution >= 4 is 0 Å². The van der Waals surface area contributed by atoms with Gasteiger partial charge in [-0.1, -0.05) is 12.1 Å².